The van der Waals surface area contributed by atoms with Gasteiger partial charge in [-0.05, 0) is 24.3 Å². The Morgan fingerprint density at radius 2 is 1.94 bits per heavy atom. The normalized spacial score (nSPS) is 13.0. The number of rotatable bonds is 3. The summed E-state index contributed by atoms with van der Waals surface area (Å²) in [5.74, 6) is 0. The fourth-order valence-electron chi connectivity index (χ4n) is 1.76. The van der Waals surface area contributed by atoms with Gasteiger partial charge in [-0.3, -0.25) is 0 Å². The van der Waals surface area contributed by atoms with Crippen molar-refractivity contribution >= 4 is 56.1 Å². The maximum Gasteiger partial charge on any atom is 0.0957 e. The molecule has 2 aromatic heterocycles. The number of para-hydroxylation sites is 1. The molecule has 1 unspecified atom stereocenters. The van der Waals surface area contributed by atoms with Gasteiger partial charge in [0, 0.05) is 11.3 Å². The molecule has 1 nitrogen and oxygen atoms in total. The van der Waals surface area contributed by atoms with Gasteiger partial charge in [0.15, 0.2) is 0 Å². The lowest BCUT2D eigenvalue weighted by atomic mass is 10.2. The topological polar surface area (TPSA) is 12.9 Å². The van der Waals surface area contributed by atoms with Gasteiger partial charge in [0.25, 0.3) is 0 Å². The number of thiophene rings is 1. The standard InChI is InChI=1S/C13H9Cl2NS2/c14-8(10-5-6-12(15)17-10)7-13-16-9-3-1-2-4-11(9)18-13/h1-6,8H,7H2. The molecule has 0 saturated carbocycles. The van der Waals surface area contributed by atoms with Gasteiger partial charge in [0.1, 0.15) is 0 Å². The van der Waals surface area contributed by atoms with Gasteiger partial charge in [-0.25, -0.2) is 4.98 Å². The lowest BCUT2D eigenvalue weighted by Crippen LogP contribution is -1.92. The van der Waals surface area contributed by atoms with Gasteiger partial charge in [-0.1, -0.05) is 23.7 Å². The molecule has 0 aliphatic heterocycles. The van der Waals surface area contributed by atoms with E-state index in [9.17, 15) is 0 Å². The smallest absolute Gasteiger partial charge is 0.0957 e. The fraction of sp³-hybridized carbons (Fsp3) is 0.154. The Morgan fingerprint density at radius 3 is 2.67 bits per heavy atom. The minimum Gasteiger partial charge on any atom is -0.241 e. The number of fused-ring (bicyclic) bond motifs is 1. The summed E-state index contributed by atoms with van der Waals surface area (Å²) in [6.45, 7) is 0. The van der Waals surface area contributed by atoms with Crippen molar-refractivity contribution in [3.63, 3.8) is 0 Å². The average Bonchev–Trinajstić information content (AvgIpc) is 2.94. The zero-order valence-corrected chi connectivity index (χ0v) is 12.4. The van der Waals surface area contributed by atoms with Crippen LogP contribution in [0.2, 0.25) is 4.34 Å². The third-order valence-corrected chi connectivity index (χ3v) is 5.52. The summed E-state index contributed by atoms with van der Waals surface area (Å²) in [6.07, 6.45) is 0.748. The fourth-order valence-corrected chi connectivity index (χ4v) is 4.25. The van der Waals surface area contributed by atoms with Crippen LogP contribution in [-0.4, -0.2) is 4.98 Å². The highest BCUT2D eigenvalue weighted by atomic mass is 35.5. The second kappa shape index (κ2) is 5.17. The Kier molecular flexibility index (Phi) is 3.57. The number of aromatic nitrogens is 1. The SMILES string of the molecule is Clc1ccc(C(Cl)Cc2nc3ccccc3s2)s1. The Labute approximate surface area is 123 Å². The summed E-state index contributed by atoms with van der Waals surface area (Å²) >= 11 is 15.6. The lowest BCUT2D eigenvalue weighted by Gasteiger charge is -2.03. The van der Waals surface area contributed by atoms with E-state index in [0.29, 0.717) is 0 Å². The van der Waals surface area contributed by atoms with Crippen LogP contribution >= 0.6 is 45.9 Å². The Hall–Kier alpha value is -0.610. The first kappa shape index (κ1) is 12.4. The molecule has 0 N–H and O–H groups in total. The number of benzene rings is 1. The number of alkyl halides is 1. The summed E-state index contributed by atoms with van der Waals surface area (Å²) in [6, 6.07) is 12.0. The quantitative estimate of drug-likeness (QED) is 0.579. The third kappa shape index (κ3) is 2.54. The first-order valence-electron chi connectivity index (χ1n) is 5.46. The third-order valence-electron chi connectivity index (χ3n) is 2.59. The van der Waals surface area contributed by atoms with Crippen molar-refractivity contribution in [2.75, 3.05) is 0 Å². The Bertz CT molecular complexity index is 641. The molecule has 0 amide bonds. The predicted octanol–water partition coefficient (Wildman–Crippen LogP) is 5.53. The number of thiazole rings is 1. The predicted molar refractivity (Wildman–Crippen MR) is 81.2 cm³/mol. The maximum absolute atomic E-state index is 6.40. The zero-order valence-electron chi connectivity index (χ0n) is 9.27. The highest BCUT2D eigenvalue weighted by Crippen LogP contribution is 2.34. The van der Waals surface area contributed by atoms with E-state index >= 15 is 0 Å². The van der Waals surface area contributed by atoms with E-state index in [4.69, 9.17) is 23.2 Å². The number of nitrogens with zero attached hydrogens (tertiary/aromatic N) is 1. The molecule has 18 heavy (non-hydrogen) atoms. The molecule has 1 atom stereocenters. The van der Waals surface area contributed by atoms with E-state index in [2.05, 4.69) is 11.1 Å². The monoisotopic (exact) mass is 313 g/mol. The van der Waals surface area contributed by atoms with Crippen LogP contribution in [0.25, 0.3) is 10.2 Å². The van der Waals surface area contributed by atoms with Crippen molar-refractivity contribution in [3.8, 4) is 0 Å². The molecule has 0 spiro atoms. The molecule has 0 saturated heterocycles. The van der Waals surface area contributed by atoms with Crippen LogP contribution in [0, 0.1) is 0 Å². The first-order chi connectivity index (χ1) is 8.72. The van der Waals surface area contributed by atoms with Crippen LogP contribution in [0.4, 0.5) is 0 Å². The average molecular weight is 314 g/mol. The van der Waals surface area contributed by atoms with Gasteiger partial charge in [-0.15, -0.1) is 34.3 Å². The van der Waals surface area contributed by atoms with Gasteiger partial charge in [-0.2, -0.15) is 0 Å². The molecule has 0 fully saturated rings. The second-order valence-electron chi connectivity index (χ2n) is 3.89. The zero-order chi connectivity index (χ0) is 12.5. The van der Waals surface area contributed by atoms with Gasteiger partial charge < -0.3 is 0 Å². The van der Waals surface area contributed by atoms with Gasteiger partial charge in [0.05, 0.1) is 24.9 Å². The Morgan fingerprint density at radius 1 is 1.11 bits per heavy atom. The molecule has 0 bridgehead atoms. The Balaban J connectivity index is 1.83. The first-order valence-corrected chi connectivity index (χ1v) is 7.91. The van der Waals surface area contributed by atoms with Crippen molar-refractivity contribution in [3.05, 3.63) is 50.6 Å². The molecular formula is C13H9Cl2NS2. The molecule has 2 heterocycles. The minimum absolute atomic E-state index is 0.0527. The van der Waals surface area contributed by atoms with E-state index in [1.54, 1.807) is 11.3 Å². The maximum atomic E-state index is 6.40. The van der Waals surface area contributed by atoms with E-state index in [-0.39, 0.29) is 5.38 Å². The van der Waals surface area contributed by atoms with Gasteiger partial charge in [0.2, 0.25) is 0 Å². The van der Waals surface area contributed by atoms with Crippen molar-refractivity contribution in [2.45, 2.75) is 11.8 Å². The molecule has 92 valence electrons. The second-order valence-corrected chi connectivity index (χ2v) is 7.28. The van der Waals surface area contributed by atoms with Crippen LogP contribution in [0.3, 0.4) is 0 Å². The van der Waals surface area contributed by atoms with Gasteiger partial charge >= 0.3 is 0 Å². The van der Waals surface area contributed by atoms with E-state index in [1.807, 2.05) is 30.3 Å². The molecular weight excluding hydrogens is 305 g/mol. The summed E-state index contributed by atoms with van der Waals surface area (Å²) < 4.78 is 1.99. The summed E-state index contributed by atoms with van der Waals surface area (Å²) in [5.41, 5.74) is 1.05. The van der Waals surface area contributed by atoms with Crippen molar-refractivity contribution in [2.24, 2.45) is 0 Å². The molecule has 3 rings (SSSR count). The van der Waals surface area contributed by atoms with E-state index in [1.165, 1.54) is 16.0 Å². The van der Waals surface area contributed by atoms with Crippen molar-refractivity contribution < 1.29 is 0 Å². The summed E-state index contributed by atoms with van der Waals surface area (Å²) in [7, 11) is 0. The summed E-state index contributed by atoms with van der Waals surface area (Å²) in [4.78, 5) is 5.69. The van der Waals surface area contributed by atoms with Crippen molar-refractivity contribution in [1.82, 2.24) is 4.98 Å². The molecule has 0 aliphatic rings. The lowest BCUT2D eigenvalue weighted by molar-refractivity contribution is 0.930. The number of hydrogen-bond acceptors (Lipinski definition) is 3. The summed E-state index contributed by atoms with van der Waals surface area (Å²) in [5, 5.41) is 1.02. The van der Waals surface area contributed by atoms with Crippen LogP contribution < -0.4 is 0 Å². The van der Waals surface area contributed by atoms with Crippen LogP contribution in [-0.2, 0) is 6.42 Å². The van der Waals surface area contributed by atoms with E-state index < -0.39 is 0 Å². The van der Waals surface area contributed by atoms with Crippen molar-refractivity contribution in [1.29, 1.82) is 0 Å². The molecule has 0 radical (unpaired) electrons. The largest absolute Gasteiger partial charge is 0.241 e. The number of halogens is 2. The highest BCUT2D eigenvalue weighted by molar-refractivity contribution is 7.18. The van der Waals surface area contributed by atoms with Crippen LogP contribution in [0.1, 0.15) is 15.3 Å². The van der Waals surface area contributed by atoms with E-state index in [0.717, 1.165) is 26.2 Å². The van der Waals surface area contributed by atoms with Crippen LogP contribution in [0.15, 0.2) is 36.4 Å². The molecule has 1 aromatic carbocycles. The molecule has 3 aromatic rings. The molecule has 5 heteroatoms. The molecule has 0 aliphatic carbocycles. The number of hydrogen-bond donors (Lipinski definition) is 0. The minimum atomic E-state index is -0.0527. The van der Waals surface area contributed by atoms with Crippen LogP contribution in [0.5, 0.6) is 0 Å². The highest BCUT2D eigenvalue weighted by Gasteiger charge is 2.14.